The number of carbonyl (C=O) groups is 1. The van der Waals surface area contributed by atoms with Crippen LogP contribution in [0.4, 0.5) is 4.39 Å². The molecule has 4 heteroatoms. The van der Waals surface area contributed by atoms with Crippen LogP contribution in [0, 0.1) is 5.82 Å². The van der Waals surface area contributed by atoms with Crippen LogP contribution in [-0.2, 0) is 0 Å². The lowest BCUT2D eigenvalue weighted by Gasteiger charge is -2.09. The van der Waals surface area contributed by atoms with Crippen molar-refractivity contribution in [3.8, 4) is 0 Å². The first-order chi connectivity index (χ1) is 7.02. The first-order valence-corrected chi connectivity index (χ1v) is 4.83. The quantitative estimate of drug-likeness (QED) is 0.743. The minimum Gasteiger partial charge on any atom is -0.478 e. The standard InChI is InChI=1S/C11H12FNO2/c1-5-4-8(13)10-6(11(14)15)2-3-7(12)9(5)10/h2-3,5,8H,4,13H2,1H3,(H,14,15)/t5-,8-/m0/s1. The third-order valence-corrected chi connectivity index (χ3v) is 2.94. The van der Waals surface area contributed by atoms with E-state index in [9.17, 15) is 9.18 Å². The Bertz CT molecular complexity index is 431. The third kappa shape index (κ3) is 1.41. The third-order valence-electron chi connectivity index (χ3n) is 2.94. The summed E-state index contributed by atoms with van der Waals surface area (Å²) in [5.74, 6) is -1.40. The number of nitrogens with two attached hydrogens (primary N) is 1. The lowest BCUT2D eigenvalue weighted by atomic mass is 9.98. The van der Waals surface area contributed by atoms with E-state index in [-0.39, 0.29) is 23.3 Å². The number of benzene rings is 1. The summed E-state index contributed by atoms with van der Waals surface area (Å²) in [6.07, 6.45) is 0.608. The summed E-state index contributed by atoms with van der Waals surface area (Å²) in [6, 6.07) is 2.13. The molecule has 0 unspecified atom stereocenters. The molecule has 3 N–H and O–H groups in total. The predicted octanol–water partition coefficient (Wildman–Crippen LogP) is 2.03. The highest BCUT2D eigenvalue weighted by atomic mass is 19.1. The molecule has 0 spiro atoms. The molecule has 0 aliphatic heterocycles. The van der Waals surface area contributed by atoms with E-state index in [0.29, 0.717) is 17.5 Å². The van der Waals surface area contributed by atoms with E-state index in [1.165, 1.54) is 12.1 Å². The lowest BCUT2D eigenvalue weighted by Crippen LogP contribution is -2.12. The molecule has 3 nitrogen and oxygen atoms in total. The van der Waals surface area contributed by atoms with Crippen molar-refractivity contribution in [2.45, 2.75) is 25.3 Å². The zero-order valence-corrected chi connectivity index (χ0v) is 8.33. The number of halogens is 1. The Morgan fingerprint density at radius 3 is 2.80 bits per heavy atom. The van der Waals surface area contributed by atoms with Gasteiger partial charge in [-0.3, -0.25) is 0 Å². The smallest absolute Gasteiger partial charge is 0.336 e. The number of hydrogen-bond donors (Lipinski definition) is 2. The molecule has 0 saturated carbocycles. The highest BCUT2D eigenvalue weighted by Gasteiger charge is 2.32. The van der Waals surface area contributed by atoms with Crippen LogP contribution < -0.4 is 5.73 Å². The SMILES string of the molecule is C[C@H]1C[C@H](N)c2c(C(=O)O)ccc(F)c21. The van der Waals surface area contributed by atoms with Crippen LogP contribution in [0.3, 0.4) is 0 Å². The van der Waals surface area contributed by atoms with Gasteiger partial charge < -0.3 is 10.8 Å². The van der Waals surface area contributed by atoms with Crippen LogP contribution in [0.2, 0.25) is 0 Å². The van der Waals surface area contributed by atoms with Gasteiger partial charge in [-0.05, 0) is 35.6 Å². The Labute approximate surface area is 86.7 Å². The van der Waals surface area contributed by atoms with Crippen molar-refractivity contribution >= 4 is 5.97 Å². The molecule has 0 amide bonds. The molecule has 15 heavy (non-hydrogen) atoms. The molecule has 0 radical (unpaired) electrons. The van der Waals surface area contributed by atoms with Gasteiger partial charge in [-0.2, -0.15) is 0 Å². The van der Waals surface area contributed by atoms with Crippen molar-refractivity contribution in [3.05, 3.63) is 34.6 Å². The van der Waals surface area contributed by atoms with E-state index in [4.69, 9.17) is 10.8 Å². The van der Waals surface area contributed by atoms with Gasteiger partial charge >= 0.3 is 5.97 Å². The zero-order chi connectivity index (χ0) is 11.2. The maximum atomic E-state index is 13.5. The molecule has 1 aromatic rings. The van der Waals surface area contributed by atoms with E-state index in [0.717, 1.165) is 0 Å². The lowest BCUT2D eigenvalue weighted by molar-refractivity contribution is 0.0695. The van der Waals surface area contributed by atoms with Crippen molar-refractivity contribution in [2.24, 2.45) is 5.73 Å². The second-order valence-corrected chi connectivity index (χ2v) is 3.97. The molecule has 2 atom stereocenters. The maximum absolute atomic E-state index is 13.5. The Morgan fingerprint density at radius 2 is 2.20 bits per heavy atom. The largest absolute Gasteiger partial charge is 0.478 e. The zero-order valence-electron chi connectivity index (χ0n) is 8.33. The second kappa shape index (κ2) is 3.31. The highest BCUT2D eigenvalue weighted by molar-refractivity contribution is 5.90. The summed E-state index contributed by atoms with van der Waals surface area (Å²) in [7, 11) is 0. The maximum Gasteiger partial charge on any atom is 0.336 e. The van der Waals surface area contributed by atoms with Gasteiger partial charge in [0.2, 0.25) is 0 Å². The van der Waals surface area contributed by atoms with Crippen LogP contribution >= 0.6 is 0 Å². The normalized spacial score (nSPS) is 23.9. The van der Waals surface area contributed by atoms with Crippen LogP contribution in [0.25, 0.3) is 0 Å². The van der Waals surface area contributed by atoms with Crippen LogP contribution in [-0.4, -0.2) is 11.1 Å². The highest BCUT2D eigenvalue weighted by Crippen LogP contribution is 2.41. The van der Waals surface area contributed by atoms with Gasteiger partial charge in [0.15, 0.2) is 0 Å². The Morgan fingerprint density at radius 1 is 1.53 bits per heavy atom. The summed E-state index contributed by atoms with van der Waals surface area (Å²) >= 11 is 0. The summed E-state index contributed by atoms with van der Waals surface area (Å²) in [6.45, 7) is 1.86. The molecule has 1 aromatic carbocycles. The molecule has 1 aliphatic rings. The minimum absolute atomic E-state index is 0.00528. The fourth-order valence-corrected chi connectivity index (χ4v) is 2.31. The van der Waals surface area contributed by atoms with Gasteiger partial charge in [-0.15, -0.1) is 0 Å². The molecule has 80 valence electrons. The van der Waals surface area contributed by atoms with Crippen molar-refractivity contribution in [2.75, 3.05) is 0 Å². The van der Waals surface area contributed by atoms with Crippen LogP contribution in [0.15, 0.2) is 12.1 Å². The van der Waals surface area contributed by atoms with Crippen molar-refractivity contribution in [1.29, 1.82) is 0 Å². The average molecular weight is 209 g/mol. The molecular formula is C11H12FNO2. The fraction of sp³-hybridized carbons (Fsp3) is 0.364. The van der Waals surface area contributed by atoms with Crippen molar-refractivity contribution in [1.82, 2.24) is 0 Å². The van der Waals surface area contributed by atoms with Gasteiger partial charge in [0.05, 0.1) is 5.56 Å². The Balaban J connectivity index is 2.70. The van der Waals surface area contributed by atoms with Crippen molar-refractivity contribution in [3.63, 3.8) is 0 Å². The van der Waals surface area contributed by atoms with Gasteiger partial charge in [-0.25, -0.2) is 9.18 Å². The minimum atomic E-state index is -1.05. The number of carboxylic acids is 1. The van der Waals surface area contributed by atoms with E-state index in [2.05, 4.69) is 0 Å². The monoisotopic (exact) mass is 209 g/mol. The molecule has 0 fully saturated rings. The van der Waals surface area contributed by atoms with Gasteiger partial charge in [0, 0.05) is 6.04 Å². The first kappa shape index (κ1) is 10.1. The summed E-state index contributed by atoms with van der Waals surface area (Å²) in [5.41, 5.74) is 6.88. The van der Waals surface area contributed by atoms with E-state index >= 15 is 0 Å². The predicted molar refractivity (Wildman–Crippen MR) is 53.3 cm³/mol. The van der Waals surface area contributed by atoms with Gasteiger partial charge in [0.25, 0.3) is 0 Å². The second-order valence-electron chi connectivity index (χ2n) is 3.97. The number of carboxylic acid groups (broad SMARTS) is 1. The van der Waals surface area contributed by atoms with Gasteiger partial charge in [0.1, 0.15) is 5.82 Å². The number of hydrogen-bond acceptors (Lipinski definition) is 2. The summed E-state index contributed by atoms with van der Waals surface area (Å²) < 4.78 is 13.5. The molecule has 0 bridgehead atoms. The number of aromatic carboxylic acids is 1. The van der Waals surface area contributed by atoms with E-state index in [1.54, 1.807) is 0 Å². The summed E-state index contributed by atoms with van der Waals surface area (Å²) in [4.78, 5) is 10.9. The molecule has 2 rings (SSSR count). The molecular weight excluding hydrogens is 197 g/mol. The number of fused-ring (bicyclic) bond motifs is 1. The van der Waals surface area contributed by atoms with Crippen LogP contribution in [0.5, 0.6) is 0 Å². The van der Waals surface area contributed by atoms with E-state index in [1.807, 2.05) is 6.92 Å². The van der Waals surface area contributed by atoms with Crippen LogP contribution in [0.1, 0.15) is 46.8 Å². The molecule has 1 aliphatic carbocycles. The van der Waals surface area contributed by atoms with Crippen molar-refractivity contribution < 1.29 is 14.3 Å². The number of rotatable bonds is 1. The molecule has 0 aromatic heterocycles. The van der Waals surface area contributed by atoms with E-state index < -0.39 is 5.97 Å². The summed E-state index contributed by atoms with van der Waals surface area (Å²) in [5, 5.41) is 8.97. The topological polar surface area (TPSA) is 63.3 Å². The molecule has 0 heterocycles. The fourth-order valence-electron chi connectivity index (χ4n) is 2.31. The molecule has 0 saturated heterocycles. The first-order valence-electron chi connectivity index (χ1n) is 4.83. The Kier molecular flexibility index (Phi) is 2.23. The van der Waals surface area contributed by atoms with Gasteiger partial charge in [-0.1, -0.05) is 6.92 Å². The average Bonchev–Trinajstić information content (AvgIpc) is 2.43. The Hall–Kier alpha value is -1.42.